The first-order chi connectivity index (χ1) is 18.6. The number of nitrogens with zero attached hydrogens (tertiary/aromatic N) is 2. The largest absolute Gasteiger partial charge is 0.505 e. The number of carbonyl (C=O) groups excluding carboxylic acids is 1. The molecule has 1 aliphatic heterocycles. The lowest BCUT2D eigenvalue weighted by Crippen LogP contribution is -2.26. The third kappa shape index (κ3) is 4.65. The molecular weight excluding hydrogens is 518 g/mol. The summed E-state index contributed by atoms with van der Waals surface area (Å²) < 4.78 is 53.4. The summed E-state index contributed by atoms with van der Waals surface area (Å²) in [5.74, 6) is -3.65. The lowest BCUT2D eigenvalue weighted by Gasteiger charge is -2.18. The first kappa shape index (κ1) is 25.5. The fraction of sp³-hybridized carbons (Fsp3) is 0.0357. The molecule has 1 heterocycles. The van der Waals surface area contributed by atoms with Crippen molar-refractivity contribution in [2.75, 3.05) is 10.3 Å². The van der Waals surface area contributed by atoms with Crippen LogP contribution in [0.15, 0.2) is 90.0 Å². The molecule has 4 aromatic rings. The third-order valence-electron chi connectivity index (χ3n) is 6.07. The first-order valence-corrected chi connectivity index (χ1v) is 11.4. The molecule has 7 nitrogen and oxygen atoms in total. The minimum atomic E-state index is -4.89. The van der Waals surface area contributed by atoms with Gasteiger partial charge in [0.25, 0.3) is 5.91 Å². The second kappa shape index (κ2) is 9.60. The molecule has 0 saturated carbocycles. The number of benzene rings is 4. The number of aromatic carboxylic acids is 1. The van der Waals surface area contributed by atoms with Gasteiger partial charge >= 0.3 is 12.1 Å². The second-order valence-corrected chi connectivity index (χ2v) is 8.48. The predicted molar refractivity (Wildman–Crippen MR) is 136 cm³/mol. The van der Waals surface area contributed by atoms with Gasteiger partial charge in [-0.05, 0) is 48.0 Å². The van der Waals surface area contributed by atoms with Gasteiger partial charge in [0.05, 0.1) is 28.2 Å². The van der Waals surface area contributed by atoms with Gasteiger partial charge in [-0.1, -0.05) is 42.5 Å². The van der Waals surface area contributed by atoms with E-state index in [9.17, 15) is 37.4 Å². The number of carboxylic acid groups (broad SMARTS) is 1. The number of carbonyl (C=O) groups is 2. The molecule has 0 aliphatic carbocycles. The molecule has 0 saturated heterocycles. The molecule has 1 aliphatic rings. The lowest BCUT2D eigenvalue weighted by molar-refractivity contribution is -0.140. The van der Waals surface area contributed by atoms with E-state index in [2.05, 4.69) is 10.5 Å². The highest BCUT2D eigenvalue weighted by molar-refractivity contribution is 6.55. The number of hydrogen-bond donors (Lipinski definition) is 3. The van der Waals surface area contributed by atoms with Gasteiger partial charge in [0, 0.05) is 11.1 Å². The van der Waals surface area contributed by atoms with Gasteiger partial charge < -0.3 is 10.2 Å². The van der Waals surface area contributed by atoms with Crippen molar-refractivity contribution in [2.45, 2.75) is 6.18 Å². The van der Waals surface area contributed by atoms with E-state index in [1.807, 2.05) is 0 Å². The summed E-state index contributed by atoms with van der Waals surface area (Å²) in [6.07, 6.45) is -4.89. The number of carboxylic acids is 1. The van der Waals surface area contributed by atoms with E-state index in [1.54, 1.807) is 42.5 Å². The van der Waals surface area contributed by atoms with Crippen molar-refractivity contribution in [2.24, 2.45) is 5.10 Å². The molecule has 1 amide bonds. The summed E-state index contributed by atoms with van der Waals surface area (Å²) in [5, 5.41) is 24.3. The molecule has 0 aromatic heterocycles. The number of para-hydroxylation sites is 2. The second-order valence-electron chi connectivity index (χ2n) is 8.48. The number of anilines is 3. The smallest absolute Gasteiger partial charge is 0.419 e. The summed E-state index contributed by atoms with van der Waals surface area (Å²) in [4.78, 5) is 25.7. The van der Waals surface area contributed by atoms with Gasteiger partial charge in [-0.2, -0.15) is 18.3 Å². The van der Waals surface area contributed by atoms with Crippen molar-refractivity contribution in [3.8, 4) is 16.9 Å². The van der Waals surface area contributed by atoms with Crippen LogP contribution in [0.1, 0.15) is 21.5 Å². The number of alkyl halides is 3. The zero-order valence-electron chi connectivity index (χ0n) is 19.7. The lowest BCUT2D eigenvalue weighted by atomic mass is 10.0. The van der Waals surface area contributed by atoms with Crippen molar-refractivity contribution in [1.82, 2.24) is 0 Å². The SMILES string of the molecule is O=C(O)c1cccc(-c2cccc(NN=C3C(=O)N(c4ccc(C(F)(F)F)c(F)c4)c4ccccc43)c2O)c1. The number of aromatic hydroxyl groups is 1. The van der Waals surface area contributed by atoms with E-state index in [4.69, 9.17) is 0 Å². The number of fused-ring (bicyclic) bond motifs is 1. The monoisotopic (exact) mass is 535 g/mol. The number of hydrogen-bond acceptors (Lipinski definition) is 5. The molecule has 0 spiro atoms. The van der Waals surface area contributed by atoms with Gasteiger partial charge in [-0.15, -0.1) is 0 Å². The Kier molecular flexibility index (Phi) is 6.27. The number of nitrogens with one attached hydrogen (secondary N) is 1. The maximum Gasteiger partial charge on any atom is 0.419 e. The fourth-order valence-corrected chi connectivity index (χ4v) is 4.24. The quantitative estimate of drug-likeness (QED) is 0.156. The Bertz CT molecular complexity index is 1670. The minimum absolute atomic E-state index is 0.0264. The molecule has 11 heteroatoms. The third-order valence-corrected chi connectivity index (χ3v) is 6.07. The highest BCUT2D eigenvalue weighted by Crippen LogP contribution is 2.40. The Morgan fingerprint density at radius 2 is 1.62 bits per heavy atom. The van der Waals surface area contributed by atoms with Crippen LogP contribution < -0.4 is 10.3 Å². The van der Waals surface area contributed by atoms with Crippen molar-refractivity contribution in [3.05, 3.63) is 107 Å². The van der Waals surface area contributed by atoms with Gasteiger partial charge in [0.1, 0.15) is 11.6 Å². The summed E-state index contributed by atoms with van der Waals surface area (Å²) in [5.41, 5.74) is 2.43. The van der Waals surface area contributed by atoms with E-state index in [0.29, 0.717) is 28.8 Å². The van der Waals surface area contributed by atoms with Crippen LogP contribution in [-0.4, -0.2) is 27.8 Å². The van der Waals surface area contributed by atoms with Crippen molar-refractivity contribution < 1.29 is 37.4 Å². The average molecular weight is 535 g/mol. The average Bonchev–Trinajstić information content (AvgIpc) is 3.18. The molecule has 0 fully saturated rings. The summed E-state index contributed by atoms with van der Waals surface area (Å²) in [6.45, 7) is 0. The van der Waals surface area contributed by atoms with Crippen molar-refractivity contribution in [3.63, 3.8) is 0 Å². The summed E-state index contributed by atoms with van der Waals surface area (Å²) in [7, 11) is 0. The molecule has 4 aromatic carbocycles. The van der Waals surface area contributed by atoms with Crippen LogP contribution in [0.2, 0.25) is 0 Å². The zero-order chi connectivity index (χ0) is 27.9. The topological polar surface area (TPSA) is 102 Å². The molecular formula is C28H17F4N3O4. The minimum Gasteiger partial charge on any atom is -0.505 e. The Morgan fingerprint density at radius 1 is 0.897 bits per heavy atom. The van der Waals surface area contributed by atoms with Gasteiger partial charge in [0.15, 0.2) is 5.71 Å². The van der Waals surface area contributed by atoms with Crippen LogP contribution in [-0.2, 0) is 11.0 Å². The van der Waals surface area contributed by atoms with Crippen LogP contribution in [0.4, 0.5) is 34.6 Å². The molecule has 0 bridgehead atoms. The molecule has 0 atom stereocenters. The Labute approximate surface area is 218 Å². The Hall–Kier alpha value is -5.19. The highest BCUT2D eigenvalue weighted by Gasteiger charge is 2.38. The van der Waals surface area contributed by atoms with Crippen LogP contribution in [0.5, 0.6) is 5.75 Å². The van der Waals surface area contributed by atoms with E-state index >= 15 is 0 Å². The molecule has 3 N–H and O–H groups in total. The maximum absolute atomic E-state index is 14.3. The fourth-order valence-electron chi connectivity index (χ4n) is 4.24. The van der Waals surface area contributed by atoms with Crippen molar-refractivity contribution >= 4 is 34.7 Å². The van der Waals surface area contributed by atoms with Crippen LogP contribution in [0.25, 0.3) is 11.1 Å². The number of rotatable bonds is 5. The number of hydrazone groups is 1. The Balaban J connectivity index is 1.50. The number of phenols is 1. The summed E-state index contributed by atoms with van der Waals surface area (Å²) >= 11 is 0. The van der Waals surface area contributed by atoms with Gasteiger partial charge in [-0.3, -0.25) is 15.1 Å². The van der Waals surface area contributed by atoms with Crippen LogP contribution >= 0.6 is 0 Å². The molecule has 0 unspecified atom stereocenters. The zero-order valence-corrected chi connectivity index (χ0v) is 19.7. The standard InChI is InChI=1S/C28H17F4N3O4/c29-21-14-17(11-12-20(21)28(30,31)32)35-23-10-2-1-7-19(23)24(26(35)37)34-33-22-9-4-8-18(25(22)36)15-5-3-6-16(13-15)27(38)39/h1-14,33,36H,(H,38,39). The van der Waals surface area contributed by atoms with E-state index in [1.165, 1.54) is 24.3 Å². The van der Waals surface area contributed by atoms with Gasteiger partial charge in [-0.25, -0.2) is 9.18 Å². The molecule has 0 radical (unpaired) electrons. The number of amides is 1. The molecule has 196 valence electrons. The van der Waals surface area contributed by atoms with E-state index < -0.39 is 29.4 Å². The number of phenolic OH excluding ortho intramolecular Hbond substituents is 1. The van der Waals surface area contributed by atoms with E-state index in [0.717, 1.165) is 11.0 Å². The predicted octanol–water partition coefficient (Wildman–Crippen LogP) is 6.41. The molecule has 39 heavy (non-hydrogen) atoms. The summed E-state index contributed by atoms with van der Waals surface area (Å²) in [6, 6.07) is 19.2. The number of halogens is 4. The Morgan fingerprint density at radius 3 is 2.33 bits per heavy atom. The van der Waals surface area contributed by atoms with E-state index in [-0.39, 0.29) is 34.1 Å². The maximum atomic E-state index is 14.3. The van der Waals surface area contributed by atoms with Crippen LogP contribution in [0.3, 0.4) is 0 Å². The normalized spacial score (nSPS) is 14.0. The van der Waals surface area contributed by atoms with Crippen LogP contribution in [0, 0.1) is 5.82 Å². The molecule has 5 rings (SSSR count). The van der Waals surface area contributed by atoms with Crippen molar-refractivity contribution in [1.29, 1.82) is 0 Å². The van der Waals surface area contributed by atoms with Gasteiger partial charge in [0.2, 0.25) is 0 Å². The highest BCUT2D eigenvalue weighted by atomic mass is 19.4. The first-order valence-electron chi connectivity index (χ1n) is 11.4.